The molecule has 0 spiro atoms. The highest BCUT2D eigenvalue weighted by Crippen LogP contribution is 2.24. The third kappa shape index (κ3) is 5.17. The summed E-state index contributed by atoms with van der Waals surface area (Å²) in [6, 6.07) is -4.30. The molecule has 168 valence electrons. The molecule has 2 rings (SSSR count). The summed E-state index contributed by atoms with van der Waals surface area (Å²) in [4.78, 5) is 48.2. The van der Waals surface area contributed by atoms with Crippen LogP contribution in [0.3, 0.4) is 0 Å². The molecule has 1 fully saturated rings. The van der Waals surface area contributed by atoms with Crippen LogP contribution in [-0.4, -0.2) is 104 Å². The van der Waals surface area contributed by atoms with E-state index in [0.717, 1.165) is 17.9 Å². The van der Waals surface area contributed by atoms with Crippen molar-refractivity contribution >= 4 is 23.9 Å². The number of amides is 3. The maximum atomic E-state index is 12.7. The summed E-state index contributed by atoms with van der Waals surface area (Å²) in [6.07, 6.45) is -3.34. The highest BCUT2D eigenvalue weighted by atomic mass is 16.5. The molecule has 0 radical (unpaired) electrons. The van der Waals surface area contributed by atoms with Gasteiger partial charge in [-0.2, -0.15) is 0 Å². The van der Waals surface area contributed by atoms with Gasteiger partial charge in [-0.3, -0.25) is 4.79 Å². The zero-order valence-corrected chi connectivity index (χ0v) is 16.1. The topological polar surface area (TPSA) is 206 Å². The van der Waals surface area contributed by atoms with Crippen LogP contribution in [0, 0.1) is 0 Å². The van der Waals surface area contributed by atoms with Crippen molar-refractivity contribution in [3.8, 4) is 0 Å². The first-order chi connectivity index (χ1) is 14.1. The number of carbonyl (C=O) groups is 4. The summed E-state index contributed by atoms with van der Waals surface area (Å²) in [5.41, 5.74) is 0. The predicted octanol–water partition coefficient (Wildman–Crippen LogP) is -2.80. The zero-order chi connectivity index (χ0) is 22.6. The van der Waals surface area contributed by atoms with Crippen LogP contribution >= 0.6 is 0 Å². The Labute approximate surface area is 170 Å². The second-order valence-corrected chi connectivity index (χ2v) is 7.05. The molecule has 2 heterocycles. The molecule has 13 heteroatoms. The number of hydrogen-bond acceptors (Lipinski definition) is 8. The van der Waals surface area contributed by atoms with Gasteiger partial charge in [-0.05, 0) is 18.9 Å². The van der Waals surface area contributed by atoms with Crippen molar-refractivity contribution in [3.63, 3.8) is 0 Å². The zero-order valence-electron chi connectivity index (χ0n) is 16.1. The molecule has 3 amide bonds. The average Bonchev–Trinajstić information content (AvgIpc) is 3.17. The van der Waals surface area contributed by atoms with Gasteiger partial charge in [-0.1, -0.05) is 0 Å². The highest BCUT2D eigenvalue weighted by molar-refractivity contribution is 5.86. The van der Waals surface area contributed by atoms with Crippen molar-refractivity contribution < 1.29 is 49.4 Å². The Morgan fingerprint density at radius 2 is 1.90 bits per heavy atom. The van der Waals surface area contributed by atoms with E-state index in [1.165, 1.54) is 0 Å². The Bertz CT molecular complexity index is 727. The molecule has 2 aliphatic rings. The van der Waals surface area contributed by atoms with E-state index >= 15 is 0 Å². The monoisotopic (exact) mass is 431 g/mol. The molecule has 0 unspecified atom stereocenters. The van der Waals surface area contributed by atoms with Gasteiger partial charge in [0, 0.05) is 13.5 Å². The van der Waals surface area contributed by atoms with E-state index in [4.69, 9.17) is 9.84 Å². The minimum absolute atomic E-state index is 0.168. The van der Waals surface area contributed by atoms with Gasteiger partial charge in [-0.25, -0.2) is 14.4 Å². The number of urea groups is 1. The predicted molar refractivity (Wildman–Crippen MR) is 97.0 cm³/mol. The van der Waals surface area contributed by atoms with Gasteiger partial charge < -0.3 is 45.8 Å². The number of hydrogen-bond donors (Lipinski definition) is 7. The van der Waals surface area contributed by atoms with Crippen LogP contribution in [0.15, 0.2) is 11.8 Å². The lowest BCUT2D eigenvalue weighted by atomic mass is 9.92. The van der Waals surface area contributed by atoms with E-state index in [9.17, 15) is 39.6 Å². The normalized spacial score (nSPS) is 28.0. The van der Waals surface area contributed by atoms with E-state index in [1.807, 2.05) is 0 Å². The number of carboxylic acids is 2. The maximum absolute atomic E-state index is 12.7. The van der Waals surface area contributed by atoms with E-state index in [2.05, 4.69) is 10.6 Å². The van der Waals surface area contributed by atoms with Crippen LogP contribution in [0.25, 0.3) is 0 Å². The smallest absolute Gasteiger partial charge is 0.370 e. The average molecular weight is 431 g/mol. The minimum atomic E-state index is -1.81. The van der Waals surface area contributed by atoms with Crippen molar-refractivity contribution in [2.24, 2.45) is 0 Å². The number of rotatable bonds is 7. The summed E-state index contributed by atoms with van der Waals surface area (Å²) < 4.78 is 5.21. The lowest BCUT2D eigenvalue weighted by Gasteiger charge is -2.40. The largest absolute Gasteiger partial charge is 0.480 e. The van der Waals surface area contributed by atoms with Gasteiger partial charge in [0.15, 0.2) is 0 Å². The van der Waals surface area contributed by atoms with Gasteiger partial charge in [0.2, 0.25) is 11.7 Å². The lowest BCUT2D eigenvalue weighted by Crippen LogP contribution is -2.64. The Hall–Kier alpha value is -2.90. The van der Waals surface area contributed by atoms with Crippen molar-refractivity contribution in [2.75, 3.05) is 13.2 Å². The maximum Gasteiger partial charge on any atom is 0.370 e. The number of aliphatic carboxylic acids is 2. The third-order valence-corrected chi connectivity index (χ3v) is 4.92. The Morgan fingerprint density at radius 1 is 1.23 bits per heavy atom. The van der Waals surface area contributed by atoms with Crippen LogP contribution in [-0.2, 0) is 19.1 Å². The molecular weight excluding hydrogens is 406 g/mol. The van der Waals surface area contributed by atoms with Crippen molar-refractivity contribution in [3.05, 3.63) is 11.8 Å². The number of nitrogens with zero attached hydrogens (tertiary/aromatic N) is 1. The first kappa shape index (κ1) is 23.4. The van der Waals surface area contributed by atoms with Gasteiger partial charge >= 0.3 is 18.0 Å². The van der Waals surface area contributed by atoms with Gasteiger partial charge in [0.1, 0.15) is 24.4 Å². The molecule has 6 atom stereocenters. The van der Waals surface area contributed by atoms with Gasteiger partial charge in [0.25, 0.3) is 0 Å². The lowest BCUT2D eigenvalue weighted by molar-refractivity contribution is -0.146. The van der Waals surface area contributed by atoms with Crippen molar-refractivity contribution in [1.82, 2.24) is 15.5 Å². The number of likely N-dealkylation sites (tertiary alicyclic amines) is 1. The Kier molecular flexibility index (Phi) is 7.59. The second-order valence-electron chi connectivity index (χ2n) is 7.05. The number of carbonyl (C=O) groups excluding carboxylic acids is 2. The molecule has 1 saturated heterocycles. The first-order valence-electron chi connectivity index (χ1n) is 9.22. The molecule has 0 aromatic heterocycles. The minimum Gasteiger partial charge on any atom is -0.480 e. The summed E-state index contributed by atoms with van der Waals surface area (Å²) in [5, 5.41) is 52.6. The van der Waals surface area contributed by atoms with Crippen LogP contribution < -0.4 is 10.6 Å². The quantitative estimate of drug-likeness (QED) is 0.220. The van der Waals surface area contributed by atoms with Crippen LogP contribution in [0.2, 0.25) is 0 Å². The molecule has 30 heavy (non-hydrogen) atoms. The van der Waals surface area contributed by atoms with Gasteiger partial charge in [0.05, 0.1) is 18.7 Å². The molecule has 0 bridgehead atoms. The van der Waals surface area contributed by atoms with Crippen LogP contribution in [0.1, 0.15) is 19.8 Å². The molecular formula is C17H25N3O10. The molecule has 7 N–H and O–H groups in total. The van der Waals surface area contributed by atoms with E-state index < -0.39 is 72.7 Å². The van der Waals surface area contributed by atoms with E-state index in [1.54, 1.807) is 0 Å². The van der Waals surface area contributed by atoms with Gasteiger partial charge in [-0.15, -0.1) is 0 Å². The SMILES string of the molecule is CC(=O)N[C@H]1[C@H]([C@H](O)[C@H](O)CO)OC(C(=O)O)=C[C@@H]1NC(=O)N1CCC[C@H]1C(=O)O. The van der Waals surface area contributed by atoms with Crippen LogP contribution in [0.5, 0.6) is 0 Å². The van der Waals surface area contributed by atoms with E-state index in [-0.39, 0.29) is 13.0 Å². The fourth-order valence-electron chi connectivity index (χ4n) is 3.49. The summed E-state index contributed by atoms with van der Waals surface area (Å²) in [6.45, 7) is 0.439. The molecule has 13 nitrogen and oxygen atoms in total. The molecule has 0 aromatic rings. The molecule has 2 aliphatic heterocycles. The highest BCUT2D eigenvalue weighted by Gasteiger charge is 2.45. The summed E-state index contributed by atoms with van der Waals surface area (Å²) >= 11 is 0. The first-order valence-corrected chi connectivity index (χ1v) is 9.22. The fourth-order valence-corrected chi connectivity index (χ4v) is 3.49. The molecule has 0 aromatic carbocycles. The number of carboxylic acid groups (broad SMARTS) is 2. The van der Waals surface area contributed by atoms with Crippen LogP contribution in [0.4, 0.5) is 4.79 Å². The fraction of sp³-hybridized carbons (Fsp3) is 0.647. The number of ether oxygens (including phenoxy) is 1. The Morgan fingerprint density at radius 3 is 2.43 bits per heavy atom. The standard InChI is InChI=1S/C17H25N3O10/c1-7(22)18-12-8(19-17(29)20-4-2-3-9(20)15(25)26)5-11(16(27)28)30-14(12)13(24)10(23)6-21/h5,8-10,12-14,21,23-24H,2-4,6H2,1H3,(H,18,22)(H,19,29)(H,25,26)(H,27,28)/t8-,9-,10+,12+,13+,14+/m0/s1. The molecule has 0 aliphatic carbocycles. The van der Waals surface area contributed by atoms with Crippen molar-refractivity contribution in [1.29, 1.82) is 0 Å². The van der Waals surface area contributed by atoms with E-state index in [0.29, 0.717) is 6.42 Å². The second kappa shape index (κ2) is 9.73. The molecule has 0 saturated carbocycles. The Balaban J connectivity index is 2.34. The number of aliphatic hydroxyl groups excluding tert-OH is 3. The third-order valence-electron chi connectivity index (χ3n) is 4.92. The number of aliphatic hydroxyl groups is 3. The number of nitrogens with one attached hydrogen (secondary N) is 2. The summed E-state index contributed by atoms with van der Waals surface area (Å²) in [5.74, 6) is -3.98. The van der Waals surface area contributed by atoms with Crippen molar-refractivity contribution in [2.45, 2.75) is 56.2 Å². The summed E-state index contributed by atoms with van der Waals surface area (Å²) in [7, 11) is 0.